The predicted octanol–water partition coefficient (Wildman–Crippen LogP) is 4.42. The van der Waals surface area contributed by atoms with Crippen molar-refractivity contribution < 1.29 is 9.53 Å². The summed E-state index contributed by atoms with van der Waals surface area (Å²) in [5, 5.41) is 10.3. The van der Waals surface area contributed by atoms with E-state index in [2.05, 4.69) is 17.1 Å². The van der Waals surface area contributed by atoms with Gasteiger partial charge < -0.3 is 4.74 Å². The number of hydrogen-bond acceptors (Lipinski definition) is 5. The van der Waals surface area contributed by atoms with Crippen molar-refractivity contribution in [1.29, 1.82) is 0 Å². The molecule has 1 aromatic heterocycles. The van der Waals surface area contributed by atoms with Crippen LogP contribution in [0.5, 0.6) is 5.75 Å². The molecule has 0 radical (unpaired) electrons. The molecular weight excluding hydrogens is 296 g/mol. The first-order valence-electron chi connectivity index (χ1n) is 7.47. The zero-order chi connectivity index (χ0) is 15.8. The van der Waals surface area contributed by atoms with Crippen molar-refractivity contribution in [3.63, 3.8) is 0 Å². The van der Waals surface area contributed by atoms with Gasteiger partial charge in [-0.3, -0.25) is 4.79 Å². The van der Waals surface area contributed by atoms with Crippen LogP contribution in [0.15, 0.2) is 36.4 Å². The number of carbonyl (C=O) groups excluding carboxylic acids is 1. The van der Waals surface area contributed by atoms with Crippen molar-refractivity contribution in [2.45, 2.75) is 39.5 Å². The lowest BCUT2D eigenvalue weighted by molar-refractivity contribution is -0.134. The summed E-state index contributed by atoms with van der Waals surface area (Å²) < 4.78 is 5.29. The molecule has 2 aromatic rings. The van der Waals surface area contributed by atoms with E-state index in [1.165, 1.54) is 0 Å². The Kier molecular flexibility index (Phi) is 6.27. The summed E-state index contributed by atoms with van der Waals surface area (Å²) in [5.41, 5.74) is 0.994. The maximum Gasteiger partial charge on any atom is 0.311 e. The van der Waals surface area contributed by atoms with Crippen LogP contribution in [0.4, 0.5) is 0 Å². The molecule has 5 heteroatoms. The van der Waals surface area contributed by atoms with Gasteiger partial charge in [0.1, 0.15) is 15.8 Å². The van der Waals surface area contributed by atoms with Crippen molar-refractivity contribution in [3.05, 3.63) is 41.4 Å². The van der Waals surface area contributed by atoms with Crippen LogP contribution in [0.3, 0.4) is 0 Å². The molecule has 0 saturated heterocycles. The topological polar surface area (TPSA) is 52.1 Å². The van der Waals surface area contributed by atoms with Crippen molar-refractivity contribution in [2.24, 2.45) is 0 Å². The molecule has 0 spiro atoms. The monoisotopic (exact) mass is 316 g/mol. The van der Waals surface area contributed by atoms with Gasteiger partial charge in [-0.2, -0.15) is 0 Å². The lowest BCUT2D eigenvalue weighted by Crippen LogP contribution is -2.06. The molecule has 0 fully saturated rings. The Labute approximate surface area is 134 Å². The Morgan fingerprint density at radius 2 is 2.05 bits per heavy atom. The van der Waals surface area contributed by atoms with E-state index in [-0.39, 0.29) is 5.97 Å². The summed E-state index contributed by atoms with van der Waals surface area (Å²) in [5.74, 6) is 0.347. The summed E-state index contributed by atoms with van der Waals surface area (Å²) in [6, 6.07) is 7.41. The number of aromatic nitrogens is 2. The van der Waals surface area contributed by atoms with Gasteiger partial charge in [-0.05, 0) is 44.0 Å². The smallest absolute Gasteiger partial charge is 0.311 e. The van der Waals surface area contributed by atoms with E-state index < -0.39 is 0 Å². The SMILES string of the molecule is C/C=C/CCC(=O)Oc1ccc(-c2nnc(CCC)s2)cc1. The van der Waals surface area contributed by atoms with Gasteiger partial charge in [0.2, 0.25) is 0 Å². The zero-order valence-electron chi connectivity index (χ0n) is 12.9. The maximum absolute atomic E-state index is 11.6. The number of esters is 1. The van der Waals surface area contributed by atoms with Gasteiger partial charge >= 0.3 is 5.97 Å². The van der Waals surface area contributed by atoms with Crippen LogP contribution < -0.4 is 4.74 Å². The molecule has 0 bridgehead atoms. The highest BCUT2D eigenvalue weighted by Crippen LogP contribution is 2.26. The number of benzene rings is 1. The molecule has 1 aromatic carbocycles. The Bertz CT molecular complexity index is 632. The minimum Gasteiger partial charge on any atom is -0.427 e. The molecule has 1 heterocycles. The third kappa shape index (κ3) is 4.77. The average Bonchev–Trinajstić information content (AvgIpc) is 2.97. The molecule has 0 aliphatic heterocycles. The van der Waals surface area contributed by atoms with E-state index in [1.807, 2.05) is 31.2 Å². The lowest BCUT2D eigenvalue weighted by Gasteiger charge is -2.03. The Morgan fingerprint density at radius 3 is 2.73 bits per heavy atom. The molecule has 0 saturated carbocycles. The molecule has 0 aliphatic carbocycles. The third-order valence-corrected chi connectivity index (χ3v) is 4.05. The molecule has 22 heavy (non-hydrogen) atoms. The highest BCUT2D eigenvalue weighted by molar-refractivity contribution is 7.14. The molecule has 2 rings (SSSR count). The Hall–Kier alpha value is -2.01. The molecule has 4 nitrogen and oxygen atoms in total. The molecule has 0 unspecified atom stereocenters. The second kappa shape index (κ2) is 8.44. The molecule has 0 atom stereocenters. The van der Waals surface area contributed by atoms with Crippen molar-refractivity contribution in [2.75, 3.05) is 0 Å². The van der Waals surface area contributed by atoms with E-state index in [4.69, 9.17) is 4.74 Å². The van der Waals surface area contributed by atoms with Crippen LogP contribution in [0, 0.1) is 0 Å². The van der Waals surface area contributed by atoms with E-state index in [0.717, 1.165) is 28.4 Å². The number of allylic oxidation sites excluding steroid dienone is 2. The largest absolute Gasteiger partial charge is 0.427 e. The van der Waals surface area contributed by atoms with Gasteiger partial charge in [-0.25, -0.2) is 0 Å². The fourth-order valence-corrected chi connectivity index (χ4v) is 2.85. The van der Waals surface area contributed by atoms with E-state index >= 15 is 0 Å². The first kappa shape index (κ1) is 16.4. The van der Waals surface area contributed by atoms with Crippen LogP contribution in [-0.2, 0) is 11.2 Å². The second-order valence-electron chi connectivity index (χ2n) is 4.86. The number of nitrogens with zero attached hydrogens (tertiary/aromatic N) is 2. The van der Waals surface area contributed by atoms with Crippen molar-refractivity contribution in [1.82, 2.24) is 10.2 Å². The lowest BCUT2D eigenvalue weighted by atomic mass is 10.2. The van der Waals surface area contributed by atoms with Crippen LogP contribution in [0.2, 0.25) is 0 Å². The summed E-state index contributed by atoms with van der Waals surface area (Å²) >= 11 is 1.61. The summed E-state index contributed by atoms with van der Waals surface area (Å²) in [4.78, 5) is 11.6. The first-order chi connectivity index (χ1) is 10.7. The summed E-state index contributed by atoms with van der Waals surface area (Å²) in [7, 11) is 0. The highest BCUT2D eigenvalue weighted by atomic mass is 32.1. The van der Waals surface area contributed by atoms with Crippen molar-refractivity contribution in [3.8, 4) is 16.3 Å². The fraction of sp³-hybridized carbons (Fsp3) is 0.353. The molecule has 0 aliphatic rings. The molecule has 0 amide bonds. The summed E-state index contributed by atoms with van der Waals surface area (Å²) in [6.07, 6.45) is 7.00. The first-order valence-corrected chi connectivity index (χ1v) is 8.29. The van der Waals surface area contributed by atoms with Gasteiger partial charge in [0.15, 0.2) is 0 Å². The second-order valence-corrected chi connectivity index (χ2v) is 5.92. The number of rotatable bonds is 7. The average molecular weight is 316 g/mol. The standard InChI is InChI=1S/C17H20N2O2S/c1-3-5-6-8-16(20)21-14-11-9-13(10-12-14)17-19-18-15(22-17)7-4-2/h3,5,9-12H,4,6-8H2,1-2H3/b5-3+. The Morgan fingerprint density at radius 1 is 1.27 bits per heavy atom. The quantitative estimate of drug-likeness (QED) is 0.431. The number of carbonyl (C=O) groups is 1. The van der Waals surface area contributed by atoms with Crippen LogP contribution in [-0.4, -0.2) is 16.2 Å². The number of ether oxygens (including phenoxy) is 1. The van der Waals surface area contributed by atoms with Crippen molar-refractivity contribution >= 4 is 17.3 Å². The van der Waals surface area contributed by atoms with E-state index in [9.17, 15) is 4.79 Å². The minimum absolute atomic E-state index is 0.216. The third-order valence-electron chi connectivity index (χ3n) is 3.01. The highest BCUT2D eigenvalue weighted by Gasteiger charge is 2.08. The minimum atomic E-state index is -0.216. The van der Waals surface area contributed by atoms with E-state index in [0.29, 0.717) is 18.6 Å². The maximum atomic E-state index is 11.6. The normalized spacial score (nSPS) is 11.0. The van der Waals surface area contributed by atoms with Gasteiger partial charge in [0.05, 0.1) is 0 Å². The number of hydrogen-bond donors (Lipinski definition) is 0. The van der Waals surface area contributed by atoms with E-state index in [1.54, 1.807) is 23.5 Å². The molecular formula is C17H20N2O2S. The predicted molar refractivity (Wildman–Crippen MR) is 89.0 cm³/mol. The fourth-order valence-electron chi connectivity index (χ4n) is 1.90. The Balaban J connectivity index is 1.96. The van der Waals surface area contributed by atoms with Crippen LogP contribution >= 0.6 is 11.3 Å². The molecule has 0 N–H and O–H groups in total. The molecule has 116 valence electrons. The van der Waals surface area contributed by atoms with Gasteiger partial charge in [0.25, 0.3) is 0 Å². The van der Waals surface area contributed by atoms with Gasteiger partial charge in [0, 0.05) is 18.4 Å². The number of aryl methyl sites for hydroxylation is 1. The summed E-state index contributed by atoms with van der Waals surface area (Å²) in [6.45, 7) is 4.06. The zero-order valence-corrected chi connectivity index (χ0v) is 13.7. The van der Waals surface area contributed by atoms with Crippen LogP contribution in [0.1, 0.15) is 38.1 Å². The van der Waals surface area contributed by atoms with Gasteiger partial charge in [-0.15, -0.1) is 10.2 Å². The van der Waals surface area contributed by atoms with Crippen LogP contribution in [0.25, 0.3) is 10.6 Å². The van der Waals surface area contributed by atoms with Gasteiger partial charge in [-0.1, -0.05) is 30.4 Å².